The third-order valence-corrected chi connectivity index (χ3v) is 3.80. The van der Waals surface area contributed by atoms with Crippen LogP contribution in [0.15, 0.2) is 40.1 Å². The van der Waals surface area contributed by atoms with Gasteiger partial charge in [0, 0.05) is 17.6 Å². The molecule has 0 unspecified atom stereocenters. The molecule has 0 saturated carbocycles. The standard InChI is InChI=1S/C19H18BrN3O4/c1-11(23-27-19(2,3)4)26-16-6-5-7-22-17(16)18(25)13-9-14(20)12(10-21)8-15(13)24/h5-9,24H,1-4H3. The number of aromatic nitrogens is 1. The minimum absolute atomic E-state index is 0.00489. The van der Waals surface area contributed by atoms with Gasteiger partial charge in [0.25, 0.3) is 0 Å². The molecular weight excluding hydrogens is 414 g/mol. The van der Waals surface area contributed by atoms with E-state index in [0.717, 1.165) is 0 Å². The average Bonchev–Trinajstić information content (AvgIpc) is 2.61. The van der Waals surface area contributed by atoms with Crippen molar-refractivity contribution in [1.82, 2.24) is 4.98 Å². The van der Waals surface area contributed by atoms with Gasteiger partial charge in [0.1, 0.15) is 17.4 Å². The molecule has 0 saturated heterocycles. The molecule has 140 valence electrons. The van der Waals surface area contributed by atoms with Crippen LogP contribution in [0.2, 0.25) is 0 Å². The number of pyridine rings is 1. The molecule has 0 aliphatic heterocycles. The Balaban J connectivity index is 2.37. The summed E-state index contributed by atoms with van der Waals surface area (Å²) < 4.78 is 5.98. The molecule has 1 aromatic heterocycles. The number of phenolic OH excluding ortho intramolecular Hbond substituents is 1. The van der Waals surface area contributed by atoms with Crippen molar-refractivity contribution in [3.8, 4) is 17.6 Å². The number of carbonyl (C=O) groups is 1. The maximum Gasteiger partial charge on any atom is 0.228 e. The number of oxime groups is 1. The molecule has 0 aliphatic carbocycles. The summed E-state index contributed by atoms with van der Waals surface area (Å²) in [7, 11) is 0. The summed E-state index contributed by atoms with van der Waals surface area (Å²) in [5.74, 6) is -0.519. The van der Waals surface area contributed by atoms with E-state index in [1.54, 1.807) is 19.1 Å². The van der Waals surface area contributed by atoms with E-state index in [9.17, 15) is 9.90 Å². The summed E-state index contributed by atoms with van der Waals surface area (Å²) in [6.45, 7) is 7.11. The topological polar surface area (TPSA) is 105 Å². The number of nitrogens with zero attached hydrogens (tertiary/aromatic N) is 3. The summed E-state index contributed by atoms with van der Waals surface area (Å²) >= 11 is 3.21. The first-order valence-corrected chi connectivity index (χ1v) is 8.74. The molecule has 0 fully saturated rings. The Kier molecular flexibility index (Phi) is 6.18. The van der Waals surface area contributed by atoms with E-state index in [2.05, 4.69) is 26.1 Å². The van der Waals surface area contributed by atoms with E-state index in [-0.39, 0.29) is 34.2 Å². The molecule has 1 heterocycles. The summed E-state index contributed by atoms with van der Waals surface area (Å²) in [6, 6.07) is 7.68. The van der Waals surface area contributed by atoms with Crippen LogP contribution in [-0.2, 0) is 4.84 Å². The second-order valence-corrected chi connectivity index (χ2v) is 7.41. The van der Waals surface area contributed by atoms with Gasteiger partial charge in [0.05, 0.1) is 11.1 Å². The number of rotatable bonds is 4. The van der Waals surface area contributed by atoms with Crippen molar-refractivity contribution in [3.05, 3.63) is 51.8 Å². The Labute approximate surface area is 165 Å². The van der Waals surface area contributed by atoms with Crippen LogP contribution in [0.5, 0.6) is 11.5 Å². The fourth-order valence-electron chi connectivity index (χ4n) is 1.98. The molecule has 2 aromatic rings. The average molecular weight is 432 g/mol. The summed E-state index contributed by atoms with van der Waals surface area (Å²) in [4.78, 5) is 22.2. The van der Waals surface area contributed by atoms with Gasteiger partial charge in [-0.15, -0.1) is 0 Å². The van der Waals surface area contributed by atoms with Gasteiger partial charge in [-0.25, -0.2) is 4.98 Å². The molecule has 0 bridgehead atoms. The molecule has 0 amide bonds. The molecule has 2 rings (SSSR count). The van der Waals surface area contributed by atoms with Crippen molar-refractivity contribution in [3.63, 3.8) is 0 Å². The highest BCUT2D eigenvalue weighted by atomic mass is 79.9. The number of ether oxygens (including phenoxy) is 1. The first kappa shape index (κ1) is 20.4. The molecule has 0 atom stereocenters. The Hall–Kier alpha value is -2.92. The molecule has 0 radical (unpaired) electrons. The fourth-order valence-corrected chi connectivity index (χ4v) is 2.41. The van der Waals surface area contributed by atoms with Crippen LogP contribution in [0.25, 0.3) is 0 Å². The van der Waals surface area contributed by atoms with Gasteiger partial charge >= 0.3 is 0 Å². The zero-order valence-electron chi connectivity index (χ0n) is 15.3. The van der Waals surface area contributed by atoms with E-state index in [1.807, 2.05) is 26.8 Å². The van der Waals surface area contributed by atoms with Crippen molar-refractivity contribution in [2.24, 2.45) is 5.16 Å². The van der Waals surface area contributed by atoms with Crippen LogP contribution in [0.1, 0.15) is 49.3 Å². The van der Waals surface area contributed by atoms with Crippen molar-refractivity contribution in [2.45, 2.75) is 33.3 Å². The molecule has 1 aromatic carbocycles. The number of ketones is 1. The fraction of sp³-hybridized carbons (Fsp3) is 0.263. The van der Waals surface area contributed by atoms with Crippen LogP contribution in [0.3, 0.4) is 0 Å². The highest BCUT2D eigenvalue weighted by Gasteiger charge is 2.22. The van der Waals surface area contributed by atoms with Crippen molar-refractivity contribution in [1.29, 1.82) is 5.26 Å². The number of aromatic hydroxyl groups is 1. The minimum atomic E-state index is -0.558. The van der Waals surface area contributed by atoms with Gasteiger partial charge in [-0.2, -0.15) is 5.26 Å². The van der Waals surface area contributed by atoms with E-state index in [4.69, 9.17) is 14.8 Å². The Morgan fingerprint density at radius 3 is 2.70 bits per heavy atom. The van der Waals surface area contributed by atoms with Gasteiger partial charge in [-0.05, 0) is 61.0 Å². The molecule has 7 nitrogen and oxygen atoms in total. The zero-order chi connectivity index (χ0) is 20.2. The van der Waals surface area contributed by atoms with Gasteiger partial charge in [-0.3, -0.25) is 4.79 Å². The van der Waals surface area contributed by atoms with Crippen LogP contribution in [0.4, 0.5) is 0 Å². The lowest BCUT2D eigenvalue weighted by Crippen LogP contribution is -2.18. The maximum atomic E-state index is 12.9. The van der Waals surface area contributed by atoms with Gasteiger partial charge in [0.2, 0.25) is 11.7 Å². The highest BCUT2D eigenvalue weighted by Crippen LogP contribution is 2.29. The van der Waals surface area contributed by atoms with E-state index < -0.39 is 11.4 Å². The lowest BCUT2D eigenvalue weighted by atomic mass is 10.0. The normalized spacial score (nSPS) is 11.6. The van der Waals surface area contributed by atoms with Crippen molar-refractivity contribution >= 4 is 27.6 Å². The smallest absolute Gasteiger partial charge is 0.228 e. The number of phenols is 1. The van der Waals surface area contributed by atoms with Gasteiger partial charge < -0.3 is 14.7 Å². The van der Waals surface area contributed by atoms with Crippen molar-refractivity contribution in [2.75, 3.05) is 0 Å². The summed E-state index contributed by atoms with van der Waals surface area (Å²) in [5.41, 5.74) is -0.290. The van der Waals surface area contributed by atoms with Crippen LogP contribution in [-0.4, -0.2) is 27.4 Å². The number of hydrogen-bond donors (Lipinski definition) is 1. The molecule has 8 heteroatoms. The number of benzene rings is 1. The SMILES string of the molecule is CC(=NOC(C)(C)C)Oc1cccnc1C(=O)c1cc(Br)c(C#N)cc1O. The minimum Gasteiger partial charge on any atom is -0.507 e. The first-order chi connectivity index (χ1) is 12.6. The lowest BCUT2D eigenvalue weighted by Gasteiger charge is -2.16. The Bertz CT molecular complexity index is 943. The predicted octanol–water partition coefficient (Wildman–Crippen LogP) is 4.18. The maximum absolute atomic E-state index is 12.9. The van der Waals surface area contributed by atoms with E-state index in [1.165, 1.54) is 18.3 Å². The van der Waals surface area contributed by atoms with E-state index >= 15 is 0 Å². The summed E-state index contributed by atoms with van der Waals surface area (Å²) in [5, 5.41) is 23.0. The molecule has 0 spiro atoms. The molecular formula is C19H18BrN3O4. The number of hydrogen-bond acceptors (Lipinski definition) is 7. The second kappa shape index (κ2) is 8.18. The molecule has 1 N–H and O–H groups in total. The quantitative estimate of drug-likeness (QED) is 0.336. The lowest BCUT2D eigenvalue weighted by molar-refractivity contribution is -0.00187. The number of carbonyl (C=O) groups excluding carboxylic acids is 1. The van der Waals surface area contributed by atoms with E-state index in [0.29, 0.717) is 4.47 Å². The van der Waals surface area contributed by atoms with Gasteiger partial charge in [0.15, 0.2) is 11.4 Å². The third kappa shape index (κ3) is 5.28. The Morgan fingerprint density at radius 2 is 2.07 bits per heavy atom. The summed E-state index contributed by atoms with van der Waals surface area (Å²) in [6.07, 6.45) is 1.44. The third-order valence-electron chi connectivity index (χ3n) is 3.14. The van der Waals surface area contributed by atoms with Crippen LogP contribution >= 0.6 is 15.9 Å². The van der Waals surface area contributed by atoms with Crippen molar-refractivity contribution < 1.29 is 19.5 Å². The largest absolute Gasteiger partial charge is 0.507 e. The number of nitriles is 1. The first-order valence-electron chi connectivity index (χ1n) is 7.95. The van der Waals surface area contributed by atoms with Gasteiger partial charge in [-0.1, -0.05) is 5.16 Å². The van der Waals surface area contributed by atoms with Crippen LogP contribution in [0, 0.1) is 11.3 Å². The number of halogens is 1. The molecule has 0 aliphatic rings. The molecule has 27 heavy (non-hydrogen) atoms. The second-order valence-electron chi connectivity index (χ2n) is 6.56. The predicted molar refractivity (Wildman–Crippen MR) is 103 cm³/mol. The van der Waals surface area contributed by atoms with Crippen LogP contribution < -0.4 is 4.74 Å². The zero-order valence-corrected chi connectivity index (χ0v) is 16.9. The highest BCUT2D eigenvalue weighted by molar-refractivity contribution is 9.10. The monoisotopic (exact) mass is 431 g/mol. The Morgan fingerprint density at radius 1 is 1.37 bits per heavy atom.